The Bertz CT molecular complexity index is 889. The molecule has 2 N–H and O–H groups in total. The molecule has 0 radical (unpaired) electrons. The summed E-state index contributed by atoms with van der Waals surface area (Å²) in [4.78, 5) is 23.9. The van der Waals surface area contributed by atoms with E-state index in [2.05, 4.69) is 31.6 Å². The van der Waals surface area contributed by atoms with Crippen molar-refractivity contribution in [1.29, 1.82) is 5.26 Å². The summed E-state index contributed by atoms with van der Waals surface area (Å²) < 4.78 is 5.41. The molecular formula is C22H23N3O3. The predicted molar refractivity (Wildman–Crippen MR) is 107 cm³/mol. The van der Waals surface area contributed by atoms with Crippen LogP contribution in [0.2, 0.25) is 0 Å². The molecule has 2 amide bonds. The molecule has 0 unspecified atom stereocenters. The Morgan fingerprint density at radius 1 is 1.04 bits per heavy atom. The highest BCUT2D eigenvalue weighted by Gasteiger charge is 2.14. The van der Waals surface area contributed by atoms with Gasteiger partial charge in [-0.15, -0.1) is 0 Å². The fourth-order valence-corrected chi connectivity index (χ4v) is 2.29. The van der Waals surface area contributed by atoms with Crippen LogP contribution in [0, 0.1) is 11.3 Å². The van der Waals surface area contributed by atoms with Gasteiger partial charge in [0.25, 0.3) is 11.8 Å². The second kappa shape index (κ2) is 9.38. The minimum atomic E-state index is -0.700. The van der Waals surface area contributed by atoms with E-state index in [1.54, 1.807) is 36.4 Å². The first-order valence-electron chi connectivity index (χ1n) is 8.79. The summed E-state index contributed by atoms with van der Waals surface area (Å²) in [5.74, 6) is -0.685. The fraction of sp³-hybridized carbons (Fsp3) is 0.227. The number of benzene rings is 2. The average molecular weight is 377 g/mol. The second-order valence-electron chi connectivity index (χ2n) is 7.15. The zero-order valence-electron chi connectivity index (χ0n) is 16.2. The molecule has 0 spiro atoms. The van der Waals surface area contributed by atoms with Crippen LogP contribution in [-0.2, 0) is 15.0 Å². The quantitative estimate of drug-likeness (QED) is 0.476. The summed E-state index contributed by atoms with van der Waals surface area (Å²) in [6.45, 7) is 6.07. The van der Waals surface area contributed by atoms with E-state index in [1.807, 2.05) is 24.3 Å². The number of hydrazine groups is 1. The van der Waals surface area contributed by atoms with Gasteiger partial charge in [-0.25, -0.2) is 0 Å². The molecule has 0 fully saturated rings. The van der Waals surface area contributed by atoms with Gasteiger partial charge in [-0.1, -0.05) is 63.2 Å². The molecule has 28 heavy (non-hydrogen) atoms. The molecule has 0 saturated heterocycles. The van der Waals surface area contributed by atoms with Crippen molar-refractivity contribution in [3.63, 3.8) is 0 Å². The maximum Gasteiger partial charge on any atom is 0.280 e. The van der Waals surface area contributed by atoms with E-state index in [4.69, 9.17) is 10.00 Å². The van der Waals surface area contributed by atoms with Crippen LogP contribution in [0.5, 0.6) is 5.75 Å². The summed E-state index contributed by atoms with van der Waals surface area (Å²) in [5.41, 5.74) is 6.23. The normalized spacial score (nSPS) is 11.3. The summed E-state index contributed by atoms with van der Waals surface area (Å²) >= 11 is 0. The smallest absolute Gasteiger partial charge is 0.280 e. The van der Waals surface area contributed by atoms with Crippen molar-refractivity contribution < 1.29 is 14.3 Å². The van der Waals surface area contributed by atoms with Gasteiger partial charge in [0, 0.05) is 0 Å². The first-order valence-corrected chi connectivity index (χ1v) is 8.79. The molecule has 0 heterocycles. The Labute approximate surface area is 164 Å². The molecule has 0 aliphatic heterocycles. The minimum Gasteiger partial charge on any atom is -0.484 e. The number of ether oxygens (including phenoxy) is 1. The van der Waals surface area contributed by atoms with Crippen molar-refractivity contribution in [3.8, 4) is 11.8 Å². The lowest BCUT2D eigenvalue weighted by atomic mass is 9.87. The van der Waals surface area contributed by atoms with Crippen LogP contribution in [0.15, 0.2) is 60.2 Å². The van der Waals surface area contributed by atoms with Crippen molar-refractivity contribution in [2.75, 3.05) is 6.61 Å². The van der Waals surface area contributed by atoms with Crippen LogP contribution in [0.3, 0.4) is 0 Å². The molecule has 0 bridgehead atoms. The standard InChI is InChI=1S/C22H23N3O3/c1-22(2,3)18-9-11-19(12-10-18)28-15-20(26)24-25-21(27)17(14-23)13-16-7-5-4-6-8-16/h4-13H,15H2,1-3H3,(H,24,26)(H,25,27)/b17-13-. The Morgan fingerprint density at radius 2 is 1.68 bits per heavy atom. The minimum absolute atomic E-state index is 0.0336. The average Bonchev–Trinajstić information content (AvgIpc) is 2.69. The van der Waals surface area contributed by atoms with Gasteiger partial charge in [0.1, 0.15) is 17.4 Å². The molecule has 0 aliphatic carbocycles. The topological polar surface area (TPSA) is 91.2 Å². The summed E-state index contributed by atoms with van der Waals surface area (Å²) in [7, 11) is 0. The lowest BCUT2D eigenvalue weighted by molar-refractivity contribution is -0.128. The van der Waals surface area contributed by atoms with Crippen molar-refractivity contribution in [3.05, 3.63) is 71.3 Å². The first-order chi connectivity index (χ1) is 13.3. The van der Waals surface area contributed by atoms with E-state index < -0.39 is 11.8 Å². The number of nitriles is 1. The van der Waals surface area contributed by atoms with Crippen molar-refractivity contribution in [2.24, 2.45) is 0 Å². The van der Waals surface area contributed by atoms with Gasteiger partial charge < -0.3 is 4.74 Å². The molecule has 6 heteroatoms. The van der Waals surface area contributed by atoms with Gasteiger partial charge in [0.2, 0.25) is 0 Å². The van der Waals surface area contributed by atoms with Crippen LogP contribution in [0.25, 0.3) is 6.08 Å². The number of carbonyl (C=O) groups excluding carboxylic acids is 2. The Balaban J connectivity index is 1.84. The highest BCUT2D eigenvalue weighted by Crippen LogP contribution is 2.24. The summed E-state index contributed by atoms with van der Waals surface area (Å²) in [6, 6.07) is 18.3. The number of hydrogen-bond acceptors (Lipinski definition) is 4. The monoisotopic (exact) mass is 377 g/mol. The Kier molecular flexibility index (Phi) is 6.94. The third kappa shape index (κ3) is 6.29. The molecule has 0 aromatic heterocycles. The summed E-state index contributed by atoms with van der Waals surface area (Å²) in [6.07, 6.45) is 1.44. The van der Waals surface area contributed by atoms with Crippen LogP contribution in [0.1, 0.15) is 31.9 Å². The molecule has 0 atom stereocenters. The van der Waals surface area contributed by atoms with E-state index in [1.165, 1.54) is 6.08 Å². The number of nitrogens with one attached hydrogen (secondary N) is 2. The van der Waals surface area contributed by atoms with E-state index in [-0.39, 0.29) is 17.6 Å². The van der Waals surface area contributed by atoms with Gasteiger partial charge >= 0.3 is 0 Å². The highest BCUT2D eigenvalue weighted by molar-refractivity contribution is 6.02. The lowest BCUT2D eigenvalue weighted by Crippen LogP contribution is -2.44. The van der Waals surface area contributed by atoms with Gasteiger partial charge in [-0.05, 0) is 34.8 Å². The number of nitrogens with zero attached hydrogens (tertiary/aromatic N) is 1. The maximum atomic E-state index is 12.0. The maximum absolute atomic E-state index is 12.0. The van der Waals surface area contributed by atoms with E-state index in [9.17, 15) is 9.59 Å². The predicted octanol–water partition coefficient (Wildman–Crippen LogP) is 3.12. The largest absolute Gasteiger partial charge is 0.484 e. The third-order valence-corrected chi connectivity index (χ3v) is 3.88. The second-order valence-corrected chi connectivity index (χ2v) is 7.15. The van der Waals surface area contributed by atoms with Crippen molar-refractivity contribution in [1.82, 2.24) is 10.9 Å². The van der Waals surface area contributed by atoms with Crippen LogP contribution in [0.4, 0.5) is 0 Å². The van der Waals surface area contributed by atoms with E-state index >= 15 is 0 Å². The lowest BCUT2D eigenvalue weighted by Gasteiger charge is -2.19. The van der Waals surface area contributed by atoms with Gasteiger partial charge in [0.05, 0.1) is 0 Å². The number of carbonyl (C=O) groups is 2. The van der Waals surface area contributed by atoms with Gasteiger partial charge in [-0.2, -0.15) is 5.26 Å². The zero-order chi connectivity index (χ0) is 20.6. The van der Waals surface area contributed by atoms with Crippen LogP contribution in [-0.4, -0.2) is 18.4 Å². The molecule has 2 rings (SSSR count). The zero-order valence-corrected chi connectivity index (χ0v) is 16.2. The third-order valence-electron chi connectivity index (χ3n) is 3.88. The molecule has 144 valence electrons. The van der Waals surface area contributed by atoms with Gasteiger partial charge in [-0.3, -0.25) is 20.4 Å². The van der Waals surface area contributed by atoms with Crippen LogP contribution < -0.4 is 15.6 Å². The molecule has 2 aromatic rings. The highest BCUT2D eigenvalue weighted by atomic mass is 16.5. The number of hydrogen-bond donors (Lipinski definition) is 2. The van der Waals surface area contributed by atoms with E-state index in [0.29, 0.717) is 11.3 Å². The summed E-state index contributed by atoms with van der Waals surface area (Å²) in [5, 5.41) is 9.14. The Hall–Kier alpha value is -3.59. The molecule has 2 aromatic carbocycles. The molecule has 0 saturated carbocycles. The Morgan fingerprint density at radius 3 is 2.25 bits per heavy atom. The first kappa shape index (κ1) is 20.7. The molecule has 0 aliphatic rings. The van der Waals surface area contributed by atoms with E-state index in [0.717, 1.165) is 5.56 Å². The molecule has 6 nitrogen and oxygen atoms in total. The number of amides is 2. The number of rotatable bonds is 5. The fourth-order valence-electron chi connectivity index (χ4n) is 2.29. The van der Waals surface area contributed by atoms with Crippen molar-refractivity contribution in [2.45, 2.75) is 26.2 Å². The van der Waals surface area contributed by atoms with Crippen molar-refractivity contribution >= 4 is 17.9 Å². The van der Waals surface area contributed by atoms with Crippen LogP contribution >= 0.6 is 0 Å². The van der Waals surface area contributed by atoms with Gasteiger partial charge in [0.15, 0.2) is 6.61 Å². The molecular weight excluding hydrogens is 354 g/mol. The SMILES string of the molecule is CC(C)(C)c1ccc(OCC(=O)NNC(=O)/C(C#N)=C\c2ccccc2)cc1.